The van der Waals surface area contributed by atoms with E-state index in [0.29, 0.717) is 11.6 Å². The third kappa shape index (κ3) is 3.66. The summed E-state index contributed by atoms with van der Waals surface area (Å²) >= 11 is 5.85. The van der Waals surface area contributed by atoms with Gasteiger partial charge in [-0.2, -0.15) is 10.2 Å². The molecule has 3 rings (SSSR count). The van der Waals surface area contributed by atoms with Crippen molar-refractivity contribution in [3.63, 3.8) is 0 Å². The van der Waals surface area contributed by atoms with Crippen LogP contribution in [0.2, 0.25) is 5.02 Å². The van der Waals surface area contributed by atoms with Gasteiger partial charge in [0.15, 0.2) is 5.82 Å². The number of anilines is 1. The molecule has 0 aliphatic rings. The average molecular weight is 361 g/mol. The lowest BCUT2D eigenvalue weighted by Crippen LogP contribution is -2.18. The second-order valence-electron chi connectivity index (χ2n) is 5.24. The molecule has 0 atom stereocenters. The summed E-state index contributed by atoms with van der Waals surface area (Å²) in [5.74, 6) is -0.363. The number of carbonyl (C=O) groups is 1. The van der Waals surface area contributed by atoms with Gasteiger partial charge in [0.25, 0.3) is 5.91 Å². The Bertz CT molecular complexity index is 931. The molecule has 3 aromatic rings. The Labute approximate surface area is 147 Å². The molecule has 0 fully saturated rings. The Hall–Kier alpha value is -3.20. The van der Waals surface area contributed by atoms with Crippen LogP contribution in [0.5, 0.6) is 0 Å². The zero-order valence-corrected chi connectivity index (χ0v) is 13.8. The molecule has 2 aromatic heterocycles. The number of carbonyl (C=O) groups excluding carboxylic acids is 1. The number of halogens is 1. The number of amides is 1. The van der Waals surface area contributed by atoms with Gasteiger partial charge in [-0.25, -0.2) is 0 Å². The van der Waals surface area contributed by atoms with E-state index in [1.807, 2.05) is 12.1 Å². The highest BCUT2D eigenvalue weighted by Crippen LogP contribution is 2.18. The van der Waals surface area contributed by atoms with E-state index in [1.165, 1.54) is 7.05 Å². The van der Waals surface area contributed by atoms with Gasteiger partial charge >= 0.3 is 5.69 Å². The third-order valence-corrected chi connectivity index (χ3v) is 3.72. The fourth-order valence-electron chi connectivity index (χ4n) is 2.29. The topological polar surface area (TPSA) is 108 Å². The predicted molar refractivity (Wildman–Crippen MR) is 90.6 cm³/mol. The molecule has 0 spiro atoms. The van der Waals surface area contributed by atoms with Gasteiger partial charge in [-0.3, -0.25) is 24.3 Å². The molecule has 10 heteroatoms. The van der Waals surface area contributed by atoms with Gasteiger partial charge in [0.2, 0.25) is 5.69 Å². The zero-order valence-electron chi connectivity index (χ0n) is 13.1. The van der Waals surface area contributed by atoms with Crippen molar-refractivity contribution in [3.8, 4) is 0 Å². The first-order chi connectivity index (χ1) is 11.9. The average Bonchev–Trinajstić information content (AvgIpc) is 3.16. The van der Waals surface area contributed by atoms with E-state index in [0.717, 1.165) is 16.4 Å². The van der Waals surface area contributed by atoms with Crippen LogP contribution in [0.3, 0.4) is 0 Å². The summed E-state index contributed by atoms with van der Waals surface area (Å²) in [5.41, 5.74) is 0.491. The molecule has 0 radical (unpaired) electrons. The van der Waals surface area contributed by atoms with Gasteiger partial charge in [-0.15, -0.1) is 0 Å². The second-order valence-corrected chi connectivity index (χ2v) is 5.67. The number of benzene rings is 1. The van der Waals surface area contributed by atoms with Crippen LogP contribution < -0.4 is 5.32 Å². The fourth-order valence-corrected chi connectivity index (χ4v) is 2.42. The molecule has 0 aliphatic heterocycles. The maximum absolute atomic E-state index is 12.3. The van der Waals surface area contributed by atoms with Crippen LogP contribution in [0.4, 0.5) is 11.5 Å². The zero-order chi connectivity index (χ0) is 18.0. The second kappa shape index (κ2) is 6.73. The first-order valence-corrected chi connectivity index (χ1v) is 7.57. The van der Waals surface area contributed by atoms with Crippen molar-refractivity contribution in [3.05, 3.63) is 69.1 Å². The minimum atomic E-state index is -0.652. The molecule has 1 N–H and O–H groups in total. The number of aryl methyl sites for hydroxylation is 1. The van der Waals surface area contributed by atoms with E-state index in [-0.39, 0.29) is 17.2 Å². The number of nitrogens with one attached hydrogen (secondary N) is 1. The van der Waals surface area contributed by atoms with E-state index in [4.69, 9.17) is 11.6 Å². The van der Waals surface area contributed by atoms with Crippen molar-refractivity contribution >= 4 is 29.0 Å². The minimum absolute atomic E-state index is 0.141. The van der Waals surface area contributed by atoms with Gasteiger partial charge in [0.05, 0.1) is 11.5 Å². The number of nitro groups is 1. The van der Waals surface area contributed by atoms with Gasteiger partial charge in [-0.05, 0) is 17.7 Å². The molecule has 1 amide bonds. The maximum Gasteiger partial charge on any atom is 0.320 e. The Morgan fingerprint density at radius 2 is 2.04 bits per heavy atom. The summed E-state index contributed by atoms with van der Waals surface area (Å²) in [5, 5.41) is 22.1. The lowest BCUT2D eigenvalue weighted by Gasteiger charge is -2.03. The third-order valence-electron chi connectivity index (χ3n) is 3.47. The first-order valence-electron chi connectivity index (χ1n) is 7.19. The Kier molecular flexibility index (Phi) is 4.48. The van der Waals surface area contributed by atoms with Crippen molar-refractivity contribution in [1.29, 1.82) is 0 Å². The largest absolute Gasteiger partial charge is 0.320 e. The molecule has 128 valence electrons. The molecule has 0 unspecified atom stereocenters. The van der Waals surface area contributed by atoms with Crippen LogP contribution in [0, 0.1) is 10.1 Å². The monoisotopic (exact) mass is 360 g/mol. The highest BCUT2D eigenvalue weighted by atomic mass is 35.5. The molecule has 0 saturated carbocycles. The highest BCUT2D eigenvalue weighted by Gasteiger charge is 2.25. The molecule has 9 nitrogen and oxygen atoms in total. The van der Waals surface area contributed by atoms with E-state index >= 15 is 0 Å². The van der Waals surface area contributed by atoms with E-state index < -0.39 is 10.8 Å². The predicted octanol–water partition coefficient (Wildman–Crippen LogP) is 2.48. The normalized spacial score (nSPS) is 10.6. The van der Waals surface area contributed by atoms with Crippen LogP contribution in [0.1, 0.15) is 16.1 Å². The minimum Gasteiger partial charge on any atom is -0.304 e. The molecule has 2 heterocycles. The highest BCUT2D eigenvalue weighted by molar-refractivity contribution is 6.30. The van der Waals surface area contributed by atoms with E-state index in [2.05, 4.69) is 15.5 Å². The van der Waals surface area contributed by atoms with Gasteiger partial charge < -0.3 is 5.32 Å². The summed E-state index contributed by atoms with van der Waals surface area (Å²) in [6.45, 7) is 0.499. The van der Waals surface area contributed by atoms with Crippen molar-refractivity contribution in [1.82, 2.24) is 19.6 Å². The van der Waals surface area contributed by atoms with E-state index in [1.54, 1.807) is 29.1 Å². The molecule has 1 aromatic carbocycles. The van der Waals surface area contributed by atoms with Crippen LogP contribution in [0.25, 0.3) is 0 Å². The molecule has 0 bridgehead atoms. The Balaban J connectivity index is 1.73. The van der Waals surface area contributed by atoms with Crippen molar-refractivity contribution < 1.29 is 9.72 Å². The lowest BCUT2D eigenvalue weighted by molar-refractivity contribution is -0.385. The number of hydrogen-bond donors (Lipinski definition) is 1. The fraction of sp³-hybridized carbons (Fsp3) is 0.133. The first kappa shape index (κ1) is 16.7. The van der Waals surface area contributed by atoms with E-state index in [9.17, 15) is 14.9 Å². The molecular weight excluding hydrogens is 348 g/mol. The SMILES string of the molecule is Cn1ncc([N+](=O)[O-])c1C(=O)Nc1ccn(Cc2ccc(Cl)cc2)n1. The Morgan fingerprint density at radius 1 is 1.32 bits per heavy atom. The van der Waals surface area contributed by atoms with Crippen molar-refractivity contribution in [2.24, 2.45) is 7.05 Å². The molecule has 0 aliphatic carbocycles. The maximum atomic E-state index is 12.3. The summed E-state index contributed by atoms with van der Waals surface area (Å²) in [7, 11) is 1.46. The number of rotatable bonds is 5. The summed E-state index contributed by atoms with van der Waals surface area (Å²) in [4.78, 5) is 22.6. The van der Waals surface area contributed by atoms with Crippen LogP contribution in [0.15, 0.2) is 42.7 Å². The number of nitrogens with zero attached hydrogens (tertiary/aromatic N) is 5. The number of hydrogen-bond acceptors (Lipinski definition) is 5. The van der Waals surface area contributed by atoms with Crippen LogP contribution in [-0.4, -0.2) is 30.4 Å². The van der Waals surface area contributed by atoms with Gasteiger partial charge in [-0.1, -0.05) is 23.7 Å². The number of aromatic nitrogens is 4. The summed E-state index contributed by atoms with van der Waals surface area (Å²) < 4.78 is 2.79. The molecule has 0 saturated heterocycles. The van der Waals surface area contributed by atoms with Crippen LogP contribution >= 0.6 is 11.6 Å². The summed E-state index contributed by atoms with van der Waals surface area (Å²) in [6.07, 6.45) is 2.73. The Morgan fingerprint density at radius 3 is 2.72 bits per heavy atom. The van der Waals surface area contributed by atoms with Crippen molar-refractivity contribution in [2.45, 2.75) is 6.54 Å². The smallest absolute Gasteiger partial charge is 0.304 e. The quantitative estimate of drug-likeness (QED) is 0.555. The standard InChI is InChI=1S/C15H13ClN6O3/c1-20-14(12(8-17-20)22(24)25)15(23)18-13-6-7-21(19-13)9-10-2-4-11(16)5-3-10/h2-8H,9H2,1H3,(H,18,19,23). The molecular formula is C15H13ClN6O3. The van der Waals surface area contributed by atoms with Crippen LogP contribution in [-0.2, 0) is 13.6 Å². The van der Waals surface area contributed by atoms with Gasteiger partial charge in [0.1, 0.15) is 6.20 Å². The molecule has 25 heavy (non-hydrogen) atoms. The lowest BCUT2D eigenvalue weighted by atomic mass is 10.2. The van der Waals surface area contributed by atoms with Gasteiger partial charge in [0, 0.05) is 24.3 Å². The van der Waals surface area contributed by atoms with Crippen molar-refractivity contribution in [2.75, 3.05) is 5.32 Å². The summed E-state index contributed by atoms with van der Waals surface area (Å²) in [6, 6.07) is 8.92.